The third-order valence-corrected chi connectivity index (χ3v) is 2.13. The molecule has 0 aromatic heterocycles. The zero-order chi connectivity index (χ0) is 11.8. The van der Waals surface area contributed by atoms with Crippen molar-refractivity contribution in [2.24, 2.45) is 0 Å². The molecule has 16 heavy (non-hydrogen) atoms. The highest BCUT2D eigenvalue weighted by atomic mass is 35.5. The number of nitrogens with zero attached hydrogens (tertiary/aromatic N) is 1. The van der Waals surface area contributed by atoms with Gasteiger partial charge >= 0.3 is 0 Å². The van der Waals surface area contributed by atoms with Crippen LogP contribution in [0.1, 0.15) is 11.1 Å². The van der Waals surface area contributed by atoms with E-state index in [0.29, 0.717) is 10.6 Å². The number of rotatable bonds is 0. The highest BCUT2D eigenvalue weighted by Crippen LogP contribution is 2.08. The smallest absolute Gasteiger partial charge is 0.0992 e. The molecule has 0 saturated heterocycles. The SMILES string of the molecule is Cc1ccccc1.N#Cc1cccc(Cl)c1. The number of aryl methyl sites for hydroxylation is 1. The molecule has 1 nitrogen and oxygen atoms in total. The predicted octanol–water partition coefficient (Wildman–Crippen LogP) is 4.21. The fraction of sp³-hybridized carbons (Fsp3) is 0.0714. The van der Waals surface area contributed by atoms with Gasteiger partial charge in [0.25, 0.3) is 0 Å². The molecule has 0 bridgehead atoms. The van der Waals surface area contributed by atoms with E-state index >= 15 is 0 Å². The molecule has 0 amide bonds. The number of hydrogen-bond acceptors (Lipinski definition) is 1. The molecule has 2 aromatic carbocycles. The summed E-state index contributed by atoms with van der Waals surface area (Å²) < 4.78 is 0. The lowest BCUT2D eigenvalue weighted by atomic mass is 10.2. The Morgan fingerprint density at radius 1 is 1.00 bits per heavy atom. The van der Waals surface area contributed by atoms with Gasteiger partial charge in [-0.1, -0.05) is 53.6 Å². The minimum Gasteiger partial charge on any atom is -0.192 e. The third kappa shape index (κ3) is 4.63. The van der Waals surface area contributed by atoms with Crippen LogP contribution in [0.2, 0.25) is 5.02 Å². The monoisotopic (exact) mass is 229 g/mol. The lowest BCUT2D eigenvalue weighted by Crippen LogP contribution is -1.69. The lowest BCUT2D eigenvalue weighted by Gasteiger charge is -1.86. The topological polar surface area (TPSA) is 23.8 Å². The van der Waals surface area contributed by atoms with Gasteiger partial charge in [0.2, 0.25) is 0 Å². The largest absolute Gasteiger partial charge is 0.192 e. The van der Waals surface area contributed by atoms with Gasteiger partial charge in [0, 0.05) is 5.02 Å². The second-order valence-electron chi connectivity index (χ2n) is 3.28. The van der Waals surface area contributed by atoms with Crippen molar-refractivity contribution in [3.8, 4) is 6.07 Å². The highest BCUT2D eigenvalue weighted by molar-refractivity contribution is 6.30. The molecular formula is C14H12ClN. The Morgan fingerprint density at radius 2 is 1.69 bits per heavy atom. The first-order chi connectivity index (χ1) is 7.72. The third-order valence-electron chi connectivity index (χ3n) is 1.89. The minimum absolute atomic E-state index is 0.600. The maximum absolute atomic E-state index is 8.35. The molecule has 0 aliphatic rings. The summed E-state index contributed by atoms with van der Waals surface area (Å²) in [7, 11) is 0. The van der Waals surface area contributed by atoms with Gasteiger partial charge in [-0.2, -0.15) is 5.26 Å². The summed E-state index contributed by atoms with van der Waals surface area (Å²) in [5.41, 5.74) is 1.92. The molecule has 0 spiro atoms. The molecule has 80 valence electrons. The molecular weight excluding hydrogens is 218 g/mol. The molecule has 0 radical (unpaired) electrons. The van der Waals surface area contributed by atoms with E-state index in [1.165, 1.54) is 5.56 Å². The van der Waals surface area contributed by atoms with Crippen LogP contribution in [-0.4, -0.2) is 0 Å². The average Bonchev–Trinajstić information content (AvgIpc) is 2.31. The Balaban J connectivity index is 0.000000165. The van der Waals surface area contributed by atoms with Gasteiger partial charge in [0.1, 0.15) is 0 Å². The van der Waals surface area contributed by atoms with E-state index < -0.39 is 0 Å². The molecule has 0 atom stereocenters. The van der Waals surface area contributed by atoms with Gasteiger partial charge in [0.15, 0.2) is 0 Å². The standard InChI is InChI=1S/C7H4ClN.C7H8/c8-7-3-1-2-6(4-7)5-9;1-7-5-3-2-4-6-7/h1-4H;2-6H,1H3. The molecule has 0 aliphatic heterocycles. The number of benzene rings is 2. The molecule has 0 heterocycles. The molecule has 0 unspecified atom stereocenters. The van der Waals surface area contributed by atoms with Crippen LogP contribution in [-0.2, 0) is 0 Å². The summed E-state index contributed by atoms with van der Waals surface area (Å²) in [4.78, 5) is 0. The fourth-order valence-corrected chi connectivity index (χ4v) is 1.28. The summed E-state index contributed by atoms with van der Waals surface area (Å²) in [5, 5.41) is 8.96. The van der Waals surface area contributed by atoms with Crippen LogP contribution in [0.5, 0.6) is 0 Å². The van der Waals surface area contributed by atoms with E-state index in [1.807, 2.05) is 24.3 Å². The van der Waals surface area contributed by atoms with Gasteiger partial charge in [-0.25, -0.2) is 0 Å². The van der Waals surface area contributed by atoms with Crippen LogP contribution in [0.25, 0.3) is 0 Å². The Morgan fingerprint density at radius 3 is 2.06 bits per heavy atom. The molecule has 0 N–H and O–H groups in total. The Kier molecular flexibility index (Phi) is 5.11. The van der Waals surface area contributed by atoms with Crippen molar-refractivity contribution in [2.75, 3.05) is 0 Å². The van der Waals surface area contributed by atoms with Crippen LogP contribution in [0.4, 0.5) is 0 Å². The number of hydrogen-bond donors (Lipinski definition) is 0. The normalized spacial score (nSPS) is 8.56. The van der Waals surface area contributed by atoms with Gasteiger partial charge in [0.05, 0.1) is 11.6 Å². The maximum Gasteiger partial charge on any atom is 0.0992 e. The van der Waals surface area contributed by atoms with E-state index in [4.69, 9.17) is 16.9 Å². The van der Waals surface area contributed by atoms with Crippen molar-refractivity contribution in [1.29, 1.82) is 5.26 Å². The summed E-state index contributed by atoms with van der Waals surface area (Å²) >= 11 is 5.57. The Labute approximate surface area is 101 Å². The fourth-order valence-electron chi connectivity index (χ4n) is 1.09. The van der Waals surface area contributed by atoms with E-state index in [-0.39, 0.29) is 0 Å². The Bertz CT molecular complexity index is 472. The maximum atomic E-state index is 8.35. The molecule has 0 fully saturated rings. The quantitative estimate of drug-likeness (QED) is 0.664. The van der Waals surface area contributed by atoms with Crippen LogP contribution in [0.15, 0.2) is 54.6 Å². The predicted molar refractivity (Wildman–Crippen MR) is 67.3 cm³/mol. The second kappa shape index (κ2) is 6.66. The van der Waals surface area contributed by atoms with E-state index in [0.717, 1.165) is 0 Å². The van der Waals surface area contributed by atoms with Crippen molar-refractivity contribution >= 4 is 11.6 Å². The summed E-state index contributed by atoms with van der Waals surface area (Å²) in [6.45, 7) is 2.08. The number of halogens is 1. The molecule has 2 rings (SSSR count). The molecule has 2 aromatic rings. The first kappa shape index (κ1) is 12.3. The minimum atomic E-state index is 0.600. The first-order valence-electron chi connectivity index (χ1n) is 4.89. The van der Waals surface area contributed by atoms with Gasteiger partial charge < -0.3 is 0 Å². The summed E-state index contributed by atoms with van der Waals surface area (Å²) in [5.74, 6) is 0. The van der Waals surface area contributed by atoms with Gasteiger partial charge in [-0.3, -0.25) is 0 Å². The van der Waals surface area contributed by atoms with Crippen LogP contribution in [0, 0.1) is 18.3 Å². The summed E-state index contributed by atoms with van der Waals surface area (Å²) in [6, 6.07) is 19.1. The number of nitriles is 1. The average molecular weight is 230 g/mol. The van der Waals surface area contributed by atoms with Gasteiger partial charge in [-0.05, 0) is 25.1 Å². The zero-order valence-electron chi connectivity index (χ0n) is 9.02. The van der Waals surface area contributed by atoms with Gasteiger partial charge in [-0.15, -0.1) is 0 Å². The van der Waals surface area contributed by atoms with E-state index in [9.17, 15) is 0 Å². The van der Waals surface area contributed by atoms with Crippen LogP contribution < -0.4 is 0 Å². The van der Waals surface area contributed by atoms with Crippen molar-refractivity contribution in [2.45, 2.75) is 6.92 Å². The van der Waals surface area contributed by atoms with Crippen molar-refractivity contribution in [1.82, 2.24) is 0 Å². The lowest BCUT2D eigenvalue weighted by molar-refractivity contribution is 1.48. The molecule has 2 heteroatoms. The molecule has 0 aliphatic carbocycles. The first-order valence-corrected chi connectivity index (χ1v) is 5.27. The van der Waals surface area contributed by atoms with E-state index in [1.54, 1.807) is 24.3 Å². The van der Waals surface area contributed by atoms with Crippen molar-refractivity contribution in [3.63, 3.8) is 0 Å². The summed E-state index contributed by atoms with van der Waals surface area (Å²) in [6.07, 6.45) is 0. The molecule has 0 saturated carbocycles. The second-order valence-corrected chi connectivity index (χ2v) is 3.71. The van der Waals surface area contributed by atoms with E-state index in [2.05, 4.69) is 19.1 Å². The Hall–Kier alpha value is -1.78. The van der Waals surface area contributed by atoms with Crippen molar-refractivity contribution in [3.05, 3.63) is 70.7 Å². The highest BCUT2D eigenvalue weighted by Gasteiger charge is 1.87. The zero-order valence-corrected chi connectivity index (χ0v) is 9.78. The van der Waals surface area contributed by atoms with Crippen LogP contribution in [0.3, 0.4) is 0 Å². The van der Waals surface area contributed by atoms with Crippen LogP contribution >= 0.6 is 11.6 Å². The van der Waals surface area contributed by atoms with Crippen molar-refractivity contribution < 1.29 is 0 Å².